The van der Waals surface area contributed by atoms with Gasteiger partial charge in [-0.05, 0) is 49.9 Å². The minimum Gasteiger partial charge on any atom is -0.469 e. The molecule has 0 spiro atoms. The molecule has 0 aromatic carbocycles. The predicted octanol–water partition coefficient (Wildman–Crippen LogP) is 2.38. The van der Waals surface area contributed by atoms with Crippen LogP contribution in [0.4, 0.5) is 0 Å². The Morgan fingerprint density at radius 1 is 1.36 bits per heavy atom. The van der Waals surface area contributed by atoms with E-state index >= 15 is 0 Å². The van der Waals surface area contributed by atoms with Gasteiger partial charge in [0.05, 0.1) is 12.5 Å². The molecule has 0 heterocycles. The molecule has 3 rings (SSSR count). The summed E-state index contributed by atoms with van der Waals surface area (Å²) in [6.45, 7) is 0. The van der Waals surface area contributed by atoms with Crippen molar-refractivity contribution in [2.45, 2.75) is 38.5 Å². The average molecular weight is 194 g/mol. The molecular formula is C12H18O2. The Morgan fingerprint density at radius 3 is 3.00 bits per heavy atom. The topological polar surface area (TPSA) is 26.3 Å². The maximum atomic E-state index is 12.0. The fourth-order valence-corrected chi connectivity index (χ4v) is 4.68. The smallest absolute Gasteiger partial charge is 0.312 e. The van der Waals surface area contributed by atoms with Gasteiger partial charge in [-0.25, -0.2) is 0 Å². The average Bonchev–Trinajstić information content (AvgIpc) is 2.87. The Balaban J connectivity index is 1.99. The van der Waals surface area contributed by atoms with Crippen LogP contribution in [-0.4, -0.2) is 13.1 Å². The van der Waals surface area contributed by atoms with Crippen LogP contribution < -0.4 is 0 Å². The summed E-state index contributed by atoms with van der Waals surface area (Å²) in [7, 11) is 1.55. The third-order valence-corrected chi connectivity index (χ3v) is 5.10. The third kappa shape index (κ3) is 0.807. The molecule has 2 nitrogen and oxygen atoms in total. The lowest BCUT2D eigenvalue weighted by Gasteiger charge is -2.36. The van der Waals surface area contributed by atoms with Gasteiger partial charge in [-0.3, -0.25) is 4.79 Å². The molecule has 0 aromatic heterocycles. The van der Waals surface area contributed by atoms with E-state index < -0.39 is 0 Å². The molecule has 3 aliphatic rings. The largest absolute Gasteiger partial charge is 0.469 e. The van der Waals surface area contributed by atoms with E-state index in [-0.39, 0.29) is 11.4 Å². The van der Waals surface area contributed by atoms with Crippen molar-refractivity contribution in [1.29, 1.82) is 0 Å². The zero-order valence-corrected chi connectivity index (χ0v) is 8.79. The van der Waals surface area contributed by atoms with Crippen LogP contribution in [0, 0.1) is 23.2 Å². The van der Waals surface area contributed by atoms with Crippen LogP contribution in [0.15, 0.2) is 0 Å². The van der Waals surface area contributed by atoms with Gasteiger partial charge in [0, 0.05) is 0 Å². The Bertz CT molecular complexity index is 273. The number of ether oxygens (including phenoxy) is 1. The monoisotopic (exact) mass is 194 g/mol. The highest BCUT2D eigenvalue weighted by molar-refractivity contribution is 5.78. The SMILES string of the molecule is COC(=O)[C@@]12CCC[C@H]1[C@@H]1CC[C@H]2C1. The zero-order valence-electron chi connectivity index (χ0n) is 8.79. The van der Waals surface area contributed by atoms with E-state index in [2.05, 4.69) is 0 Å². The van der Waals surface area contributed by atoms with E-state index in [0.29, 0.717) is 11.8 Å². The first-order chi connectivity index (χ1) is 6.79. The van der Waals surface area contributed by atoms with Gasteiger partial charge in [0.1, 0.15) is 0 Å². The van der Waals surface area contributed by atoms with E-state index in [1.54, 1.807) is 7.11 Å². The molecule has 0 radical (unpaired) electrons. The molecule has 14 heavy (non-hydrogen) atoms. The first-order valence-corrected chi connectivity index (χ1v) is 5.87. The number of carbonyl (C=O) groups excluding carboxylic acids is 1. The van der Waals surface area contributed by atoms with E-state index in [9.17, 15) is 4.79 Å². The Labute approximate surface area is 85.0 Å². The van der Waals surface area contributed by atoms with Crippen LogP contribution in [0.25, 0.3) is 0 Å². The van der Waals surface area contributed by atoms with Crippen molar-refractivity contribution in [2.75, 3.05) is 7.11 Å². The van der Waals surface area contributed by atoms with Gasteiger partial charge < -0.3 is 4.74 Å². The molecule has 0 saturated heterocycles. The molecule has 0 unspecified atom stereocenters. The number of methoxy groups -OCH3 is 1. The van der Waals surface area contributed by atoms with Gasteiger partial charge in [0.25, 0.3) is 0 Å². The van der Waals surface area contributed by atoms with E-state index in [1.807, 2.05) is 0 Å². The molecule has 0 N–H and O–H groups in total. The maximum Gasteiger partial charge on any atom is 0.312 e. The van der Waals surface area contributed by atoms with Crippen molar-refractivity contribution in [3.63, 3.8) is 0 Å². The quantitative estimate of drug-likeness (QED) is 0.599. The molecule has 3 aliphatic carbocycles. The number of hydrogen-bond donors (Lipinski definition) is 0. The Kier molecular flexibility index (Phi) is 1.71. The van der Waals surface area contributed by atoms with Crippen molar-refractivity contribution in [1.82, 2.24) is 0 Å². The summed E-state index contributed by atoms with van der Waals surface area (Å²) in [6, 6.07) is 0. The summed E-state index contributed by atoms with van der Waals surface area (Å²) in [5.74, 6) is 2.29. The molecule has 2 bridgehead atoms. The minimum atomic E-state index is -0.0301. The summed E-state index contributed by atoms with van der Waals surface area (Å²) in [5, 5.41) is 0. The fraction of sp³-hybridized carbons (Fsp3) is 0.917. The zero-order chi connectivity index (χ0) is 9.76. The van der Waals surface area contributed by atoms with Crippen LogP contribution in [0.2, 0.25) is 0 Å². The molecule has 0 amide bonds. The van der Waals surface area contributed by atoms with Crippen molar-refractivity contribution in [2.24, 2.45) is 23.2 Å². The van der Waals surface area contributed by atoms with Crippen molar-refractivity contribution in [3.8, 4) is 0 Å². The Hall–Kier alpha value is -0.530. The van der Waals surface area contributed by atoms with Gasteiger partial charge in [-0.15, -0.1) is 0 Å². The van der Waals surface area contributed by atoms with Gasteiger partial charge in [0.15, 0.2) is 0 Å². The summed E-state index contributed by atoms with van der Waals surface area (Å²) < 4.78 is 5.05. The number of fused-ring (bicyclic) bond motifs is 5. The normalized spacial score (nSPS) is 49.4. The lowest BCUT2D eigenvalue weighted by molar-refractivity contribution is -0.158. The van der Waals surface area contributed by atoms with Crippen molar-refractivity contribution in [3.05, 3.63) is 0 Å². The van der Waals surface area contributed by atoms with Crippen molar-refractivity contribution >= 4 is 5.97 Å². The van der Waals surface area contributed by atoms with Crippen LogP contribution in [0.1, 0.15) is 38.5 Å². The predicted molar refractivity (Wildman–Crippen MR) is 52.6 cm³/mol. The summed E-state index contributed by atoms with van der Waals surface area (Å²) in [6.07, 6.45) is 7.57. The highest BCUT2D eigenvalue weighted by Crippen LogP contribution is 2.66. The van der Waals surface area contributed by atoms with E-state index in [1.165, 1.54) is 32.1 Å². The first-order valence-electron chi connectivity index (χ1n) is 5.87. The third-order valence-electron chi connectivity index (χ3n) is 5.10. The number of hydrogen-bond acceptors (Lipinski definition) is 2. The number of rotatable bonds is 1. The lowest BCUT2D eigenvalue weighted by atomic mass is 9.68. The number of carbonyl (C=O) groups is 1. The van der Waals surface area contributed by atoms with Gasteiger partial charge in [-0.1, -0.05) is 6.42 Å². The van der Waals surface area contributed by atoms with Gasteiger partial charge in [-0.2, -0.15) is 0 Å². The molecule has 0 aromatic rings. The van der Waals surface area contributed by atoms with Gasteiger partial charge >= 0.3 is 5.97 Å². The minimum absolute atomic E-state index is 0.0301. The second kappa shape index (κ2) is 2.74. The molecule has 3 saturated carbocycles. The molecule has 4 atom stereocenters. The highest BCUT2D eigenvalue weighted by Gasteiger charge is 2.64. The molecule has 3 fully saturated rings. The standard InChI is InChI=1S/C12H18O2/c1-14-11(13)12-6-2-3-10(12)8-4-5-9(12)7-8/h8-10H,2-7H2,1H3/t8-,9+,10+,12-/m1/s1. The maximum absolute atomic E-state index is 12.0. The molecule has 0 aliphatic heterocycles. The Morgan fingerprint density at radius 2 is 2.21 bits per heavy atom. The van der Waals surface area contributed by atoms with Crippen LogP contribution in [0.5, 0.6) is 0 Å². The fourth-order valence-electron chi connectivity index (χ4n) is 4.68. The summed E-state index contributed by atoms with van der Waals surface area (Å²) in [4.78, 5) is 12.0. The second-order valence-electron chi connectivity index (χ2n) is 5.30. The van der Waals surface area contributed by atoms with Gasteiger partial charge in [0.2, 0.25) is 0 Å². The molecular weight excluding hydrogens is 176 g/mol. The van der Waals surface area contributed by atoms with E-state index in [0.717, 1.165) is 12.3 Å². The van der Waals surface area contributed by atoms with Crippen LogP contribution >= 0.6 is 0 Å². The molecule has 78 valence electrons. The van der Waals surface area contributed by atoms with Crippen LogP contribution in [0.3, 0.4) is 0 Å². The molecule has 2 heteroatoms. The summed E-state index contributed by atoms with van der Waals surface area (Å²) >= 11 is 0. The summed E-state index contributed by atoms with van der Waals surface area (Å²) in [5.41, 5.74) is -0.0301. The first kappa shape index (κ1) is 8.75. The highest BCUT2D eigenvalue weighted by atomic mass is 16.5. The van der Waals surface area contributed by atoms with Crippen LogP contribution in [-0.2, 0) is 9.53 Å². The van der Waals surface area contributed by atoms with E-state index in [4.69, 9.17) is 4.74 Å². The number of esters is 1. The van der Waals surface area contributed by atoms with Crippen molar-refractivity contribution < 1.29 is 9.53 Å². The second-order valence-corrected chi connectivity index (χ2v) is 5.30. The lowest BCUT2D eigenvalue weighted by Crippen LogP contribution is -2.40.